The van der Waals surface area contributed by atoms with Crippen LogP contribution in [0.25, 0.3) is 0 Å². The van der Waals surface area contributed by atoms with Crippen LogP contribution in [-0.4, -0.2) is 25.0 Å². The number of carbonyl (C=O) groups is 2. The summed E-state index contributed by atoms with van der Waals surface area (Å²) >= 11 is 0. The fourth-order valence-electron chi connectivity index (χ4n) is 1.14. The van der Waals surface area contributed by atoms with Gasteiger partial charge in [0, 0.05) is 13.0 Å². The molecule has 90 valence electrons. The summed E-state index contributed by atoms with van der Waals surface area (Å²) in [6.07, 6.45) is 1.32. The number of rotatable bonds is 7. The number of hydrogen-bond donors (Lipinski definition) is 1. The summed E-state index contributed by atoms with van der Waals surface area (Å²) in [6, 6.07) is 1.92. The molecule has 0 aromatic heterocycles. The van der Waals surface area contributed by atoms with E-state index in [1.54, 1.807) is 13.8 Å². The maximum atomic E-state index is 11.3. The van der Waals surface area contributed by atoms with Gasteiger partial charge in [-0.15, -0.1) is 0 Å². The molecule has 0 heterocycles. The van der Waals surface area contributed by atoms with Crippen molar-refractivity contribution < 1.29 is 14.3 Å². The largest absolute Gasteiger partial charge is 0.466 e. The van der Waals surface area contributed by atoms with E-state index in [0.29, 0.717) is 26.0 Å². The molecule has 0 aromatic carbocycles. The zero-order valence-electron chi connectivity index (χ0n) is 9.78. The predicted octanol–water partition coefficient (Wildman–Crippen LogP) is 0.996. The fraction of sp³-hybridized carbons (Fsp3) is 0.727. The first-order chi connectivity index (χ1) is 7.65. The molecule has 0 radical (unpaired) electrons. The summed E-state index contributed by atoms with van der Waals surface area (Å²) in [6.45, 7) is 4.30. The molecule has 1 N–H and O–H groups in total. The van der Waals surface area contributed by atoms with Gasteiger partial charge in [0.2, 0.25) is 5.91 Å². The first kappa shape index (κ1) is 14.4. The van der Waals surface area contributed by atoms with Gasteiger partial charge >= 0.3 is 5.97 Å². The standard InChI is InChI=1S/C11H18N2O3/c1-3-9(8-12)11(15)13-7-5-6-10(14)16-4-2/h9H,3-7H2,1-2H3,(H,13,15). The molecular formula is C11H18N2O3. The molecular weight excluding hydrogens is 208 g/mol. The van der Waals surface area contributed by atoms with Crippen LogP contribution >= 0.6 is 0 Å². The van der Waals surface area contributed by atoms with Crippen molar-refractivity contribution in [2.45, 2.75) is 33.1 Å². The van der Waals surface area contributed by atoms with Crippen molar-refractivity contribution in [1.29, 1.82) is 5.26 Å². The Bertz CT molecular complexity index is 271. The molecule has 0 bridgehead atoms. The van der Waals surface area contributed by atoms with E-state index in [2.05, 4.69) is 5.32 Å². The van der Waals surface area contributed by atoms with Crippen LogP contribution < -0.4 is 5.32 Å². The molecule has 0 aromatic rings. The van der Waals surface area contributed by atoms with Crippen molar-refractivity contribution in [2.75, 3.05) is 13.2 Å². The van der Waals surface area contributed by atoms with Crippen molar-refractivity contribution in [3.05, 3.63) is 0 Å². The van der Waals surface area contributed by atoms with Gasteiger partial charge in [-0.2, -0.15) is 5.26 Å². The van der Waals surface area contributed by atoms with E-state index in [4.69, 9.17) is 10.00 Å². The lowest BCUT2D eigenvalue weighted by Crippen LogP contribution is -2.30. The molecule has 5 nitrogen and oxygen atoms in total. The third-order valence-electron chi connectivity index (χ3n) is 2.04. The van der Waals surface area contributed by atoms with Gasteiger partial charge in [0.25, 0.3) is 0 Å². The van der Waals surface area contributed by atoms with Crippen LogP contribution in [0.3, 0.4) is 0 Å². The highest BCUT2D eigenvalue weighted by atomic mass is 16.5. The van der Waals surface area contributed by atoms with Gasteiger partial charge in [0.1, 0.15) is 5.92 Å². The van der Waals surface area contributed by atoms with Gasteiger partial charge in [0.15, 0.2) is 0 Å². The van der Waals surface area contributed by atoms with E-state index >= 15 is 0 Å². The third kappa shape index (κ3) is 6.02. The Hall–Kier alpha value is -1.57. The molecule has 5 heteroatoms. The Kier molecular flexibility index (Phi) is 7.86. The van der Waals surface area contributed by atoms with E-state index in [-0.39, 0.29) is 18.3 Å². The van der Waals surface area contributed by atoms with Crippen molar-refractivity contribution in [3.8, 4) is 6.07 Å². The topological polar surface area (TPSA) is 79.2 Å². The van der Waals surface area contributed by atoms with Crippen LogP contribution in [0.4, 0.5) is 0 Å². The third-order valence-corrected chi connectivity index (χ3v) is 2.04. The molecule has 0 aliphatic carbocycles. The van der Waals surface area contributed by atoms with E-state index in [0.717, 1.165) is 0 Å². The highest BCUT2D eigenvalue weighted by Crippen LogP contribution is 2.00. The molecule has 0 aliphatic heterocycles. The normalized spacial score (nSPS) is 11.3. The van der Waals surface area contributed by atoms with Crippen LogP contribution in [0.15, 0.2) is 0 Å². The molecule has 0 rings (SSSR count). The second kappa shape index (κ2) is 8.72. The molecule has 16 heavy (non-hydrogen) atoms. The fourth-order valence-corrected chi connectivity index (χ4v) is 1.14. The first-order valence-corrected chi connectivity index (χ1v) is 5.48. The number of nitrogens with zero attached hydrogens (tertiary/aromatic N) is 1. The van der Waals surface area contributed by atoms with Crippen LogP contribution in [0.2, 0.25) is 0 Å². The highest BCUT2D eigenvalue weighted by Gasteiger charge is 2.14. The Morgan fingerprint density at radius 3 is 2.62 bits per heavy atom. The lowest BCUT2D eigenvalue weighted by molar-refractivity contribution is -0.143. The second-order valence-electron chi connectivity index (χ2n) is 3.29. The van der Waals surface area contributed by atoms with Crippen molar-refractivity contribution in [3.63, 3.8) is 0 Å². The summed E-state index contributed by atoms with van der Waals surface area (Å²) in [5.41, 5.74) is 0. The Morgan fingerprint density at radius 1 is 1.44 bits per heavy atom. The first-order valence-electron chi connectivity index (χ1n) is 5.48. The van der Waals surface area contributed by atoms with Gasteiger partial charge < -0.3 is 10.1 Å². The van der Waals surface area contributed by atoms with Crippen LogP contribution in [0.1, 0.15) is 33.1 Å². The summed E-state index contributed by atoms with van der Waals surface area (Å²) in [4.78, 5) is 22.3. The van der Waals surface area contributed by atoms with Crippen LogP contribution in [0.5, 0.6) is 0 Å². The molecule has 0 aliphatic rings. The van der Waals surface area contributed by atoms with Crippen molar-refractivity contribution in [1.82, 2.24) is 5.32 Å². The summed E-state index contributed by atoms with van der Waals surface area (Å²) < 4.78 is 4.73. The van der Waals surface area contributed by atoms with Gasteiger partial charge in [-0.1, -0.05) is 6.92 Å². The number of nitrogens with one attached hydrogen (secondary N) is 1. The van der Waals surface area contributed by atoms with Crippen LogP contribution in [0, 0.1) is 17.2 Å². The Balaban J connectivity index is 3.63. The van der Waals surface area contributed by atoms with Gasteiger partial charge in [-0.3, -0.25) is 9.59 Å². The molecule has 0 saturated carbocycles. The minimum absolute atomic E-state index is 0.260. The highest BCUT2D eigenvalue weighted by molar-refractivity contribution is 5.80. The minimum atomic E-state index is -0.595. The monoisotopic (exact) mass is 226 g/mol. The summed E-state index contributed by atoms with van der Waals surface area (Å²) in [7, 11) is 0. The van der Waals surface area contributed by atoms with E-state index in [1.807, 2.05) is 6.07 Å². The smallest absolute Gasteiger partial charge is 0.305 e. The lowest BCUT2D eigenvalue weighted by atomic mass is 10.1. The molecule has 0 fully saturated rings. The number of esters is 1. The van der Waals surface area contributed by atoms with Crippen LogP contribution in [-0.2, 0) is 14.3 Å². The van der Waals surface area contributed by atoms with Gasteiger partial charge in [-0.05, 0) is 19.8 Å². The Morgan fingerprint density at radius 2 is 2.12 bits per heavy atom. The zero-order chi connectivity index (χ0) is 12.4. The predicted molar refractivity (Wildman–Crippen MR) is 58.3 cm³/mol. The molecule has 1 atom stereocenters. The van der Waals surface area contributed by atoms with Gasteiger partial charge in [-0.25, -0.2) is 0 Å². The van der Waals surface area contributed by atoms with E-state index in [9.17, 15) is 9.59 Å². The zero-order valence-corrected chi connectivity index (χ0v) is 9.78. The average molecular weight is 226 g/mol. The van der Waals surface area contributed by atoms with Crippen molar-refractivity contribution in [2.24, 2.45) is 5.92 Å². The van der Waals surface area contributed by atoms with Crippen molar-refractivity contribution >= 4 is 11.9 Å². The second-order valence-corrected chi connectivity index (χ2v) is 3.29. The number of hydrogen-bond acceptors (Lipinski definition) is 4. The van der Waals surface area contributed by atoms with Gasteiger partial charge in [0.05, 0.1) is 12.7 Å². The maximum Gasteiger partial charge on any atom is 0.305 e. The van der Waals surface area contributed by atoms with E-state index < -0.39 is 5.92 Å². The molecule has 0 spiro atoms. The number of ether oxygens (including phenoxy) is 1. The number of nitriles is 1. The summed E-state index contributed by atoms with van der Waals surface area (Å²) in [5.74, 6) is -1.12. The molecule has 1 unspecified atom stereocenters. The van der Waals surface area contributed by atoms with E-state index in [1.165, 1.54) is 0 Å². The quantitative estimate of drug-likeness (QED) is 0.518. The number of amides is 1. The number of carbonyl (C=O) groups excluding carboxylic acids is 2. The minimum Gasteiger partial charge on any atom is -0.466 e. The average Bonchev–Trinajstić information content (AvgIpc) is 2.26. The Labute approximate surface area is 95.8 Å². The molecule has 1 amide bonds. The maximum absolute atomic E-state index is 11.3. The SMILES string of the molecule is CCOC(=O)CCCNC(=O)C(C#N)CC. The lowest BCUT2D eigenvalue weighted by Gasteiger charge is -2.07. The summed E-state index contributed by atoms with van der Waals surface area (Å²) in [5, 5.41) is 11.2. The molecule has 0 saturated heterocycles.